The fourth-order valence-electron chi connectivity index (χ4n) is 1.75. The average Bonchev–Trinajstić information content (AvgIpc) is 2.35. The number of anilines is 1. The van der Waals surface area contributed by atoms with E-state index in [0.717, 1.165) is 0 Å². The van der Waals surface area contributed by atoms with Crippen molar-refractivity contribution in [3.05, 3.63) is 30.3 Å². The van der Waals surface area contributed by atoms with Crippen molar-refractivity contribution in [1.82, 2.24) is 0 Å². The van der Waals surface area contributed by atoms with Gasteiger partial charge in [-0.1, -0.05) is 54.1 Å². The van der Waals surface area contributed by atoms with Gasteiger partial charge in [0.05, 0.1) is 0 Å². The molecule has 0 atom stereocenters. The zero-order chi connectivity index (χ0) is 11.6. The Morgan fingerprint density at radius 2 is 1.69 bits per heavy atom. The molecule has 0 saturated carbocycles. The standard InChI is InChI=1S/C14H22IN/c1-2-3-12-16(13-8-7-11-15)14-9-5-4-6-10-14/h4-6,9-10H,2-3,7-8,11-13H2,1H3. The van der Waals surface area contributed by atoms with Gasteiger partial charge in [-0.2, -0.15) is 0 Å². The van der Waals surface area contributed by atoms with Crippen LogP contribution in [0.1, 0.15) is 32.6 Å². The van der Waals surface area contributed by atoms with Gasteiger partial charge >= 0.3 is 0 Å². The number of hydrogen-bond donors (Lipinski definition) is 0. The van der Waals surface area contributed by atoms with Crippen LogP contribution in [0.25, 0.3) is 0 Å². The zero-order valence-corrected chi connectivity index (χ0v) is 12.3. The van der Waals surface area contributed by atoms with Crippen LogP contribution in [0, 0.1) is 0 Å². The third kappa shape index (κ3) is 5.19. The SMILES string of the molecule is CCCCN(CCCCI)c1ccccc1. The fourth-order valence-corrected chi connectivity index (χ4v) is 2.29. The summed E-state index contributed by atoms with van der Waals surface area (Å²) in [6, 6.07) is 10.8. The van der Waals surface area contributed by atoms with Gasteiger partial charge in [-0.25, -0.2) is 0 Å². The first-order valence-electron chi connectivity index (χ1n) is 6.24. The summed E-state index contributed by atoms with van der Waals surface area (Å²) >= 11 is 2.46. The van der Waals surface area contributed by atoms with E-state index in [0.29, 0.717) is 0 Å². The maximum Gasteiger partial charge on any atom is 0.0366 e. The van der Waals surface area contributed by atoms with E-state index >= 15 is 0 Å². The lowest BCUT2D eigenvalue weighted by Gasteiger charge is -2.24. The van der Waals surface area contributed by atoms with E-state index in [1.807, 2.05) is 0 Å². The molecule has 0 aromatic heterocycles. The Kier molecular flexibility index (Phi) is 7.64. The minimum atomic E-state index is 1.20. The van der Waals surface area contributed by atoms with Gasteiger partial charge < -0.3 is 4.90 Å². The van der Waals surface area contributed by atoms with Crippen molar-refractivity contribution in [3.8, 4) is 0 Å². The second-order valence-corrected chi connectivity index (χ2v) is 5.15. The van der Waals surface area contributed by atoms with E-state index in [1.54, 1.807) is 0 Å². The first-order chi connectivity index (χ1) is 7.88. The van der Waals surface area contributed by atoms with Crippen LogP contribution in [0.3, 0.4) is 0 Å². The molecule has 0 heterocycles. The Hall–Kier alpha value is -0.250. The van der Waals surface area contributed by atoms with Crippen molar-refractivity contribution in [1.29, 1.82) is 0 Å². The minimum Gasteiger partial charge on any atom is -0.372 e. The summed E-state index contributed by atoms with van der Waals surface area (Å²) in [6.07, 6.45) is 5.20. The highest BCUT2D eigenvalue weighted by Crippen LogP contribution is 2.15. The number of alkyl halides is 1. The second kappa shape index (κ2) is 8.85. The number of para-hydroxylation sites is 1. The quantitative estimate of drug-likeness (QED) is 0.385. The fraction of sp³-hybridized carbons (Fsp3) is 0.571. The van der Waals surface area contributed by atoms with Crippen LogP contribution in [-0.4, -0.2) is 17.5 Å². The van der Waals surface area contributed by atoms with Crippen molar-refractivity contribution < 1.29 is 0 Å². The maximum atomic E-state index is 2.52. The van der Waals surface area contributed by atoms with Crippen LogP contribution in [0.5, 0.6) is 0 Å². The molecule has 0 N–H and O–H groups in total. The van der Waals surface area contributed by atoms with E-state index in [-0.39, 0.29) is 0 Å². The molecular formula is C14H22IN. The van der Waals surface area contributed by atoms with Crippen molar-refractivity contribution in [2.75, 3.05) is 22.4 Å². The number of hydrogen-bond acceptors (Lipinski definition) is 1. The Bertz CT molecular complexity index is 261. The summed E-state index contributed by atoms with van der Waals surface area (Å²) in [6.45, 7) is 4.66. The van der Waals surface area contributed by atoms with E-state index in [4.69, 9.17) is 0 Å². The Balaban J connectivity index is 2.49. The van der Waals surface area contributed by atoms with Gasteiger partial charge in [0.1, 0.15) is 0 Å². The van der Waals surface area contributed by atoms with Crippen LogP contribution >= 0.6 is 22.6 Å². The number of benzene rings is 1. The highest BCUT2D eigenvalue weighted by molar-refractivity contribution is 14.1. The molecule has 0 spiro atoms. The molecule has 0 bridgehead atoms. The molecule has 0 saturated heterocycles. The molecule has 1 rings (SSSR count). The van der Waals surface area contributed by atoms with Crippen molar-refractivity contribution >= 4 is 28.3 Å². The van der Waals surface area contributed by atoms with Crippen LogP contribution in [-0.2, 0) is 0 Å². The molecule has 16 heavy (non-hydrogen) atoms. The molecule has 90 valence electrons. The molecule has 1 aromatic rings. The third-order valence-electron chi connectivity index (χ3n) is 2.71. The lowest BCUT2D eigenvalue weighted by atomic mass is 10.2. The maximum absolute atomic E-state index is 2.52. The molecule has 0 unspecified atom stereocenters. The predicted molar refractivity (Wildman–Crippen MR) is 81.7 cm³/mol. The molecule has 0 aliphatic carbocycles. The zero-order valence-electron chi connectivity index (χ0n) is 10.2. The molecule has 0 aliphatic heterocycles. The molecule has 0 aliphatic rings. The average molecular weight is 331 g/mol. The van der Waals surface area contributed by atoms with Gasteiger partial charge in [0.15, 0.2) is 0 Å². The number of halogens is 1. The van der Waals surface area contributed by atoms with E-state index < -0.39 is 0 Å². The van der Waals surface area contributed by atoms with E-state index in [1.165, 1.54) is 48.9 Å². The van der Waals surface area contributed by atoms with Crippen LogP contribution in [0.4, 0.5) is 5.69 Å². The van der Waals surface area contributed by atoms with Crippen molar-refractivity contribution in [2.24, 2.45) is 0 Å². The van der Waals surface area contributed by atoms with Gasteiger partial charge in [0.25, 0.3) is 0 Å². The lowest BCUT2D eigenvalue weighted by Crippen LogP contribution is -2.25. The summed E-state index contributed by atoms with van der Waals surface area (Å²) in [5.74, 6) is 0. The minimum absolute atomic E-state index is 1.20. The van der Waals surface area contributed by atoms with Gasteiger partial charge in [-0.05, 0) is 35.8 Å². The van der Waals surface area contributed by atoms with Crippen LogP contribution < -0.4 is 4.90 Å². The molecule has 0 radical (unpaired) electrons. The van der Waals surface area contributed by atoms with E-state index in [2.05, 4.69) is 64.7 Å². The molecule has 1 aromatic carbocycles. The highest BCUT2D eigenvalue weighted by Gasteiger charge is 2.04. The normalized spacial score (nSPS) is 10.4. The largest absolute Gasteiger partial charge is 0.372 e. The smallest absolute Gasteiger partial charge is 0.0366 e. The summed E-state index contributed by atoms with van der Waals surface area (Å²) in [7, 11) is 0. The first-order valence-corrected chi connectivity index (χ1v) is 7.77. The third-order valence-corrected chi connectivity index (χ3v) is 3.48. The molecule has 1 nitrogen and oxygen atoms in total. The Morgan fingerprint density at radius 3 is 2.31 bits per heavy atom. The lowest BCUT2D eigenvalue weighted by molar-refractivity contribution is 0.682. The second-order valence-electron chi connectivity index (χ2n) is 4.07. The summed E-state index contributed by atoms with van der Waals surface area (Å²) in [5.41, 5.74) is 1.38. The van der Waals surface area contributed by atoms with Gasteiger partial charge in [0.2, 0.25) is 0 Å². The number of unbranched alkanes of at least 4 members (excludes halogenated alkanes) is 2. The molecule has 0 amide bonds. The van der Waals surface area contributed by atoms with Crippen LogP contribution in [0.2, 0.25) is 0 Å². The Morgan fingerprint density at radius 1 is 1.00 bits per heavy atom. The first kappa shape index (κ1) is 13.8. The predicted octanol–water partition coefficient (Wildman–Crippen LogP) is 4.51. The van der Waals surface area contributed by atoms with Crippen LogP contribution in [0.15, 0.2) is 30.3 Å². The number of nitrogens with zero attached hydrogens (tertiary/aromatic N) is 1. The molecule has 2 heteroatoms. The van der Waals surface area contributed by atoms with Gasteiger partial charge in [-0.15, -0.1) is 0 Å². The Labute approximate surface area is 113 Å². The summed E-state index contributed by atoms with van der Waals surface area (Å²) in [4.78, 5) is 2.52. The topological polar surface area (TPSA) is 3.24 Å². The van der Waals surface area contributed by atoms with Gasteiger partial charge in [0, 0.05) is 18.8 Å². The summed E-state index contributed by atoms with van der Waals surface area (Å²) in [5, 5.41) is 0. The summed E-state index contributed by atoms with van der Waals surface area (Å²) < 4.78 is 1.27. The van der Waals surface area contributed by atoms with Gasteiger partial charge in [-0.3, -0.25) is 0 Å². The van der Waals surface area contributed by atoms with Crippen molar-refractivity contribution in [2.45, 2.75) is 32.6 Å². The monoisotopic (exact) mass is 331 g/mol. The van der Waals surface area contributed by atoms with E-state index in [9.17, 15) is 0 Å². The van der Waals surface area contributed by atoms with Crippen molar-refractivity contribution in [3.63, 3.8) is 0 Å². The molecule has 0 fully saturated rings. The molecular weight excluding hydrogens is 309 g/mol. The number of rotatable bonds is 8. The highest BCUT2D eigenvalue weighted by atomic mass is 127.